The topological polar surface area (TPSA) is 60.9 Å². The lowest BCUT2D eigenvalue weighted by atomic mass is 9.82. The maximum atomic E-state index is 13.0. The molecule has 25 heavy (non-hydrogen) atoms. The van der Waals surface area contributed by atoms with E-state index in [0.717, 1.165) is 26.1 Å². The van der Waals surface area contributed by atoms with Crippen molar-refractivity contribution < 1.29 is 14.7 Å². The number of hydrogen-bond donors (Lipinski definition) is 1. The largest absolute Gasteiger partial charge is 0.481 e. The van der Waals surface area contributed by atoms with E-state index in [1.54, 1.807) is 0 Å². The summed E-state index contributed by atoms with van der Waals surface area (Å²) in [5.74, 6) is -1.53. The fourth-order valence-corrected chi connectivity index (χ4v) is 4.67. The molecule has 1 saturated carbocycles. The minimum atomic E-state index is -0.821. The number of piperazine rings is 1. The van der Waals surface area contributed by atoms with Gasteiger partial charge < -0.3 is 10.0 Å². The van der Waals surface area contributed by atoms with Crippen LogP contribution in [0.2, 0.25) is 0 Å². The van der Waals surface area contributed by atoms with E-state index in [4.69, 9.17) is 0 Å². The third-order valence-electron chi connectivity index (χ3n) is 5.96. The molecule has 4 atom stereocenters. The van der Waals surface area contributed by atoms with Gasteiger partial charge in [0.25, 0.3) is 0 Å². The molecule has 0 aromatic heterocycles. The normalized spacial score (nSPS) is 31.4. The number of aliphatic carboxylic acids is 1. The van der Waals surface area contributed by atoms with Gasteiger partial charge in [0.15, 0.2) is 0 Å². The van der Waals surface area contributed by atoms with Gasteiger partial charge >= 0.3 is 5.97 Å². The standard InChI is InChI=1S/C20H24N2O3/c23-19(17-15-6-7-16(12-15)18(17)20(24)25)22-10-8-21(9-11-22)13-14-4-2-1-3-5-14/h1-7,15-18H,8-13H2,(H,24,25)/t15?,16?,17-,18+/m0/s1. The van der Waals surface area contributed by atoms with Gasteiger partial charge in [-0.1, -0.05) is 42.5 Å². The van der Waals surface area contributed by atoms with E-state index in [0.29, 0.717) is 13.1 Å². The Kier molecular flexibility index (Phi) is 4.34. The summed E-state index contributed by atoms with van der Waals surface area (Å²) in [5.41, 5.74) is 1.28. The highest BCUT2D eigenvalue weighted by Crippen LogP contribution is 2.48. The maximum absolute atomic E-state index is 13.0. The zero-order valence-corrected chi connectivity index (χ0v) is 14.3. The number of nitrogens with zero attached hydrogens (tertiary/aromatic N) is 2. The number of carboxylic acid groups (broad SMARTS) is 1. The van der Waals surface area contributed by atoms with Crippen LogP contribution in [-0.4, -0.2) is 53.0 Å². The second kappa shape index (κ2) is 6.64. The highest BCUT2D eigenvalue weighted by Gasteiger charge is 2.52. The molecular weight excluding hydrogens is 316 g/mol. The molecule has 3 aliphatic rings. The monoisotopic (exact) mass is 340 g/mol. The first kappa shape index (κ1) is 16.3. The predicted octanol–water partition coefficient (Wildman–Crippen LogP) is 1.85. The lowest BCUT2D eigenvalue weighted by Gasteiger charge is -2.37. The van der Waals surface area contributed by atoms with Gasteiger partial charge in [0.1, 0.15) is 0 Å². The Hall–Kier alpha value is -2.14. The fraction of sp³-hybridized carbons (Fsp3) is 0.500. The predicted molar refractivity (Wildman–Crippen MR) is 93.7 cm³/mol. The molecule has 1 aliphatic heterocycles. The molecule has 1 aromatic carbocycles. The number of benzene rings is 1. The van der Waals surface area contributed by atoms with Crippen LogP contribution in [0.5, 0.6) is 0 Å². The summed E-state index contributed by atoms with van der Waals surface area (Å²) in [4.78, 5) is 28.9. The van der Waals surface area contributed by atoms with E-state index in [1.165, 1.54) is 5.56 Å². The first-order valence-corrected chi connectivity index (χ1v) is 9.09. The summed E-state index contributed by atoms with van der Waals surface area (Å²) in [6.45, 7) is 3.97. The Morgan fingerprint density at radius 2 is 1.60 bits per heavy atom. The van der Waals surface area contributed by atoms with Crippen LogP contribution in [0.1, 0.15) is 12.0 Å². The Bertz CT molecular complexity index is 679. The summed E-state index contributed by atoms with van der Waals surface area (Å²) in [7, 11) is 0. The minimum Gasteiger partial charge on any atom is -0.481 e. The van der Waals surface area contributed by atoms with Crippen molar-refractivity contribution in [3.63, 3.8) is 0 Å². The molecule has 1 N–H and O–H groups in total. The summed E-state index contributed by atoms with van der Waals surface area (Å²) in [6.07, 6.45) is 4.87. The molecule has 2 fully saturated rings. The van der Waals surface area contributed by atoms with Crippen LogP contribution in [0.25, 0.3) is 0 Å². The van der Waals surface area contributed by atoms with Crippen LogP contribution in [-0.2, 0) is 16.1 Å². The van der Waals surface area contributed by atoms with E-state index in [9.17, 15) is 14.7 Å². The van der Waals surface area contributed by atoms with Crippen LogP contribution in [0.15, 0.2) is 42.5 Å². The van der Waals surface area contributed by atoms with Crippen molar-refractivity contribution in [1.82, 2.24) is 9.80 Å². The number of hydrogen-bond acceptors (Lipinski definition) is 3. The van der Waals surface area contributed by atoms with Gasteiger partial charge in [-0.05, 0) is 23.8 Å². The van der Waals surface area contributed by atoms with Gasteiger partial charge in [0.2, 0.25) is 5.91 Å². The van der Waals surface area contributed by atoms with Gasteiger partial charge in [-0.15, -0.1) is 0 Å². The van der Waals surface area contributed by atoms with Crippen molar-refractivity contribution in [3.8, 4) is 0 Å². The van der Waals surface area contributed by atoms with Gasteiger partial charge in [-0.2, -0.15) is 0 Å². The molecule has 5 nitrogen and oxygen atoms in total. The highest BCUT2D eigenvalue weighted by atomic mass is 16.4. The number of allylic oxidation sites excluding steroid dienone is 2. The Morgan fingerprint density at radius 1 is 0.960 bits per heavy atom. The number of carbonyl (C=O) groups excluding carboxylic acids is 1. The number of rotatable bonds is 4. The molecule has 1 aromatic rings. The van der Waals surface area contributed by atoms with Crippen LogP contribution >= 0.6 is 0 Å². The molecule has 0 radical (unpaired) electrons. The molecule has 132 valence electrons. The van der Waals surface area contributed by atoms with E-state index in [2.05, 4.69) is 23.1 Å². The third kappa shape index (κ3) is 3.09. The second-order valence-electron chi connectivity index (χ2n) is 7.43. The van der Waals surface area contributed by atoms with Crippen LogP contribution in [0.4, 0.5) is 0 Å². The van der Waals surface area contributed by atoms with Gasteiger partial charge in [-0.25, -0.2) is 0 Å². The van der Waals surface area contributed by atoms with E-state index in [-0.39, 0.29) is 23.7 Å². The molecule has 2 unspecified atom stereocenters. The van der Waals surface area contributed by atoms with Crippen molar-refractivity contribution >= 4 is 11.9 Å². The van der Waals surface area contributed by atoms with Gasteiger partial charge in [0.05, 0.1) is 11.8 Å². The Labute approximate surface area is 147 Å². The van der Waals surface area contributed by atoms with Crippen molar-refractivity contribution in [2.75, 3.05) is 26.2 Å². The van der Waals surface area contributed by atoms with Crippen molar-refractivity contribution in [2.45, 2.75) is 13.0 Å². The summed E-state index contributed by atoms with van der Waals surface area (Å²) >= 11 is 0. The quantitative estimate of drug-likeness (QED) is 0.850. The Morgan fingerprint density at radius 3 is 2.24 bits per heavy atom. The van der Waals surface area contributed by atoms with Crippen LogP contribution in [0.3, 0.4) is 0 Å². The second-order valence-corrected chi connectivity index (χ2v) is 7.43. The average Bonchev–Trinajstić information content (AvgIpc) is 3.24. The molecule has 1 amide bonds. The van der Waals surface area contributed by atoms with Gasteiger partial charge in [0, 0.05) is 32.7 Å². The maximum Gasteiger partial charge on any atom is 0.307 e. The molecule has 2 bridgehead atoms. The first-order valence-electron chi connectivity index (χ1n) is 9.09. The molecule has 2 aliphatic carbocycles. The highest BCUT2D eigenvalue weighted by molar-refractivity contribution is 5.87. The average molecular weight is 340 g/mol. The van der Waals surface area contributed by atoms with E-state index in [1.807, 2.05) is 29.2 Å². The first-order chi connectivity index (χ1) is 12.1. The van der Waals surface area contributed by atoms with E-state index >= 15 is 0 Å². The third-order valence-corrected chi connectivity index (χ3v) is 5.96. The number of amides is 1. The summed E-state index contributed by atoms with van der Waals surface area (Å²) in [5, 5.41) is 9.55. The van der Waals surface area contributed by atoms with Gasteiger partial charge in [-0.3, -0.25) is 14.5 Å². The smallest absolute Gasteiger partial charge is 0.307 e. The zero-order valence-electron chi connectivity index (χ0n) is 14.3. The zero-order chi connectivity index (χ0) is 17.4. The molecule has 1 saturated heterocycles. The Balaban J connectivity index is 1.37. The molecule has 5 heteroatoms. The SMILES string of the molecule is O=C(O)[C@@H]1C2C=CC(C2)[C@@H]1C(=O)N1CCN(Cc2ccccc2)CC1. The van der Waals surface area contributed by atoms with Crippen molar-refractivity contribution in [2.24, 2.45) is 23.7 Å². The number of carboxylic acids is 1. The molecule has 0 spiro atoms. The van der Waals surface area contributed by atoms with Crippen molar-refractivity contribution in [1.29, 1.82) is 0 Å². The minimum absolute atomic E-state index is 0.0378. The summed E-state index contributed by atoms with van der Waals surface area (Å²) < 4.78 is 0. The van der Waals surface area contributed by atoms with Crippen LogP contribution < -0.4 is 0 Å². The number of fused-ring (bicyclic) bond motifs is 2. The van der Waals surface area contributed by atoms with E-state index < -0.39 is 11.9 Å². The molecule has 1 heterocycles. The fourth-order valence-electron chi connectivity index (χ4n) is 4.67. The lowest BCUT2D eigenvalue weighted by Crippen LogP contribution is -2.52. The lowest BCUT2D eigenvalue weighted by molar-refractivity contribution is -0.151. The van der Waals surface area contributed by atoms with Crippen LogP contribution in [0, 0.1) is 23.7 Å². The molecular formula is C20H24N2O3. The summed E-state index contributed by atoms with van der Waals surface area (Å²) in [6, 6.07) is 10.4. The van der Waals surface area contributed by atoms with Crippen molar-refractivity contribution in [3.05, 3.63) is 48.0 Å². The number of carbonyl (C=O) groups is 2. The molecule has 4 rings (SSSR count).